The van der Waals surface area contributed by atoms with Gasteiger partial charge in [0.2, 0.25) is 5.91 Å². The summed E-state index contributed by atoms with van der Waals surface area (Å²) in [6.07, 6.45) is 4.65. The highest BCUT2D eigenvalue weighted by atomic mass is 79.9. The maximum absolute atomic E-state index is 12.1. The SMILES string of the molecule is CC(C)C(=O)Nc1c[nH]c2ncc(Br)c(N3CC[C@H](C)C(N)C3)c12. The number of piperidine rings is 1. The molecule has 1 amide bonds. The van der Waals surface area contributed by atoms with Gasteiger partial charge in [0.1, 0.15) is 5.65 Å². The number of halogens is 1. The number of anilines is 2. The average Bonchev–Trinajstić information content (AvgIpc) is 2.93. The summed E-state index contributed by atoms with van der Waals surface area (Å²) in [4.78, 5) is 22.0. The number of aromatic nitrogens is 2. The molecule has 7 heteroatoms. The zero-order chi connectivity index (χ0) is 17.4. The number of hydrogen-bond acceptors (Lipinski definition) is 4. The van der Waals surface area contributed by atoms with Crippen LogP contribution < -0.4 is 16.0 Å². The van der Waals surface area contributed by atoms with Crippen molar-refractivity contribution in [2.75, 3.05) is 23.3 Å². The third kappa shape index (κ3) is 3.15. The van der Waals surface area contributed by atoms with Gasteiger partial charge in [0.15, 0.2) is 0 Å². The lowest BCUT2D eigenvalue weighted by molar-refractivity contribution is -0.118. The number of hydrogen-bond donors (Lipinski definition) is 3. The molecule has 3 heterocycles. The number of nitrogens with two attached hydrogens (primary N) is 1. The van der Waals surface area contributed by atoms with Crippen LogP contribution in [0, 0.1) is 11.8 Å². The molecule has 4 N–H and O–H groups in total. The number of rotatable bonds is 3. The Balaban J connectivity index is 2.04. The van der Waals surface area contributed by atoms with Gasteiger partial charge < -0.3 is 20.9 Å². The van der Waals surface area contributed by atoms with Crippen molar-refractivity contribution in [1.82, 2.24) is 9.97 Å². The van der Waals surface area contributed by atoms with Crippen LogP contribution in [0.1, 0.15) is 27.2 Å². The first-order valence-electron chi connectivity index (χ1n) is 8.35. The van der Waals surface area contributed by atoms with E-state index in [9.17, 15) is 4.79 Å². The molecule has 0 saturated carbocycles. The second kappa shape index (κ2) is 6.72. The fourth-order valence-electron chi connectivity index (χ4n) is 3.04. The first kappa shape index (κ1) is 17.2. The molecule has 0 aromatic carbocycles. The molecule has 1 aliphatic rings. The smallest absolute Gasteiger partial charge is 0.226 e. The van der Waals surface area contributed by atoms with Gasteiger partial charge in [0, 0.05) is 37.4 Å². The van der Waals surface area contributed by atoms with Gasteiger partial charge >= 0.3 is 0 Å². The zero-order valence-electron chi connectivity index (χ0n) is 14.3. The second-order valence-electron chi connectivity index (χ2n) is 6.90. The lowest BCUT2D eigenvalue weighted by atomic mass is 9.94. The minimum absolute atomic E-state index is 0.00852. The summed E-state index contributed by atoms with van der Waals surface area (Å²) in [5, 5.41) is 3.93. The molecule has 24 heavy (non-hydrogen) atoms. The quantitative estimate of drug-likeness (QED) is 0.747. The fraction of sp³-hybridized carbons (Fsp3) is 0.529. The van der Waals surface area contributed by atoms with Crippen LogP contribution in [0.2, 0.25) is 0 Å². The van der Waals surface area contributed by atoms with E-state index in [0.29, 0.717) is 5.92 Å². The summed E-state index contributed by atoms with van der Waals surface area (Å²) in [5.74, 6) is 0.428. The molecule has 6 nitrogen and oxygen atoms in total. The van der Waals surface area contributed by atoms with Crippen molar-refractivity contribution in [3.8, 4) is 0 Å². The number of fused-ring (bicyclic) bond motifs is 1. The Bertz CT molecular complexity index is 757. The lowest BCUT2D eigenvalue weighted by Gasteiger charge is -2.37. The van der Waals surface area contributed by atoms with E-state index in [0.717, 1.165) is 46.4 Å². The molecule has 130 valence electrons. The Morgan fingerprint density at radius 2 is 2.29 bits per heavy atom. The molecular weight excluding hydrogens is 370 g/mol. The van der Waals surface area contributed by atoms with E-state index in [2.05, 4.69) is 43.0 Å². The molecule has 1 fully saturated rings. The standard InChI is InChI=1S/C17H24BrN5O/c1-9(2)17(24)22-13-7-21-16-14(13)15(11(18)6-20-16)23-5-4-10(3)12(19)8-23/h6-7,9-10,12H,4-5,8,19H2,1-3H3,(H,20,21)(H,22,24)/t10-,12?/m0/s1. The van der Waals surface area contributed by atoms with E-state index in [-0.39, 0.29) is 17.9 Å². The number of carbonyl (C=O) groups is 1. The Labute approximate surface area is 150 Å². The summed E-state index contributed by atoms with van der Waals surface area (Å²) in [6, 6.07) is 0.140. The van der Waals surface area contributed by atoms with Crippen molar-refractivity contribution >= 4 is 44.2 Å². The average molecular weight is 394 g/mol. The summed E-state index contributed by atoms with van der Waals surface area (Å²) >= 11 is 3.63. The van der Waals surface area contributed by atoms with E-state index < -0.39 is 0 Å². The van der Waals surface area contributed by atoms with E-state index in [1.54, 1.807) is 12.4 Å². The van der Waals surface area contributed by atoms with Gasteiger partial charge in [-0.3, -0.25) is 4.79 Å². The van der Waals surface area contributed by atoms with E-state index in [1.807, 2.05) is 13.8 Å². The highest BCUT2D eigenvalue weighted by molar-refractivity contribution is 9.10. The number of amides is 1. The molecule has 1 unspecified atom stereocenters. The maximum Gasteiger partial charge on any atom is 0.226 e. The molecule has 0 spiro atoms. The van der Waals surface area contributed by atoms with E-state index in [4.69, 9.17) is 5.73 Å². The van der Waals surface area contributed by atoms with Crippen LogP contribution in [-0.4, -0.2) is 35.0 Å². The Kier molecular flexibility index (Phi) is 4.83. The molecule has 2 atom stereocenters. The van der Waals surface area contributed by atoms with Crippen molar-refractivity contribution in [2.24, 2.45) is 17.6 Å². The summed E-state index contributed by atoms with van der Waals surface area (Å²) in [5.41, 5.74) is 8.85. The Hall–Kier alpha value is -1.60. The maximum atomic E-state index is 12.1. The molecular formula is C17H24BrN5O. The van der Waals surface area contributed by atoms with Crippen LogP contribution in [0.4, 0.5) is 11.4 Å². The third-order valence-electron chi connectivity index (χ3n) is 4.74. The van der Waals surface area contributed by atoms with Crippen molar-refractivity contribution < 1.29 is 4.79 Å². The lowest BCUT2D eigenvalue weighted by Crippen LogP contribution is -2.47. The van der Waals surface area contributed by atoms with Crippen molar-refractivity contribution in [3.05, 3.63) is 16.9 Å². The van der Waals surface area contributed by atoms with Gasteiger partial charge in [-0.1, -0.05) is 20.8 Å². The number of H-pyrrole nitrogens is 1. The Morgan fingerprint density at radius 1 is 1.54 bits per heavy atom. The third-order valence-corrected chi connectivity index (χ3v) is 5.32. The number of pyridine rings is 1. The van der Waals surface area contributed by atoms with Crippen LogP contribution in [-0.2, 0) is 4.79 Å². The number of carbonyl (C=O) groups excluding carboxylic acids is 1. The predicted molar refractivity (Wildman–Crippen MR) is 101 cm³/mol. The van der Waals surface area contributed by atoms with Crippen molar-refractivity contribution in [3.63, 3.8) is 0 Å². The minimum atomic E-state index is -0.0808. The number of nitrogens with one attached hydrogen (secondary N) is 2. The highest BCUT2D eigenvalue weighted by Gasteiger charge is 2.27. The summed E-state index contributed by atoms with van der Waals surface area (Å²) < 4.78 is 0.913. The molecule has 1 saturated heterocycles. The van der Waals surface area contributed by atoms with Gasteiger partial charge in [0.25, 0.3) is 0 Å². The van der Waals surface area contributed by atoms with Crippen LogP contribution in [0.15, 0.2) is 16.9 Å². The van der Waals surface area contributed by atoms with Crippen LogP contribution in [0.25, 0.3) is 11.0 Å². The summed E-state index contributed by atoms with van der Waals surface area (Å²) in [6.45, 7) is 7.69. The van der Waals surface area contributed by atoms with Gasteiger partial charge in [-0.25, -0.2) is 4.98 Å². The first-order valence-corrected chi connectivity index (χ1v) is 9.14. The van der Waals surface area contributed by atoms with Gasteiger partial charge in [-0.15, -0.1) is 0 Å². The second-order valence-corrected chi connectivity index (χ2v) is 7.75. The van der Waals surface area contributed by atoms with E-state index >= 15 is 0 Å². The highest BCUT2D eigenvalue weighted by Crippen LogP contribution is 2.39. The molecule has 0 radical (unpaired) electrons. The largest absolute Gasteiger partial charge is 0.368 e. The topological polar surface area (TPSA) is 87.0 Å². The van der Waals surface area contributed by atoms with Gasteiger partial charge in [-0.2, -0.15) is 0 Å². The van der Waals surface area contributed by atoms with E-state index in [1.165, 1.54) is 0 Å². The van der Waals surface area contributed by atoms with Crippen LogP contribution >= 0.6 is 15.9 Å². The normalized spacial score (nSPS) is 21.5. The predicted octanol–water partition coefficient (Wildman–Crippen LogP) is 3.09. The van der Waals surface area contributed by atoms with Crippen molar-refractivity contribution in [1.29, 1.82) is 0 Å². The van der Waals surface area contributed by atoms with Crippen molar-refractivity contribution in [2.45, 2.75) is 33.2 Å². The van der Waals surface area contributed by atoms with Gasteiger partial charge in [0.05, 0.1) is 21.2 Å². The fourth-order valence-corrected chi connectivity index (χ4v) is 3.59. The molecule has 1 aliphatic heterocycles. The van der Waals surface area contributed by atoms with Crippen LogP contribution in [0.3, 0.4) is 0 Å². The minimum Gasteiger partial charge on any atom is -0.368 e. The zero-order valence-corrected chi connectivity index (χ0v) is 15.9. The molecule has 0 bridgehead atoms. The summed E-state index contributed by atoms with van der Waals surface area (Å²) in [7, 11) is 0. The molecule has 0 aliphatic carbocycles. The Morgan fingerprint density at radius 3 is 2.96 bits per heavy atom. The number of nitrogens with zero attached hydrogens (tertiary/aromatic N) is 2. The van der Waals surface area contributed by atoms with Gasteiger partial charge in [-0.05, 0) is 28.3 Å². The molecule has 2 aromatic rings. The monoisotopic (exact) mass is 393 g/mol. The molecule has 2 aromatic heterocycles. The molecule has 3 rings (SSSR count). The first-order chi connectivity index (χ1) is 11.4. The number of aromatic amines is 1. The van der Waals surface area contributed by atoms with Crippen LogP contribution in [0.5, 0.6) is 0 Å².